The Morgan fingerprint density at radius 3 is 2.80 bits per heavy atom. The first-order valence-corrected chi connectivity index (χ1v) is 5.94. The molecule has 1 aromatic rings. The highest BCUT2D eigenvalue weighted by Crippen LogP contribution is 2.10. The van der Waals surface area contributed by atoms with E-state index in [9.17, 15) is 14.0 Å². The lowest BCUT2D eigenvalue weighted by atomic mass is 10.1. The lowest BCUT2D eigenvalue weighted by Gasteiger charge is -2.15. The first-order valence-electron chi connectivity index (χ1n) is 5.94. The van der Waals surface area contributed by atoms with E-state index in [1.54, 1.807) is 6.92 Å². The van der Waals surface area contributed by atoms with Gasteiger partial charge in [0.1, 0.15) is 5.82 Å². The molecule has 0 aliphatic rings. The van der Waals surface area contributed by atoms with Crippen molar-refractivity contribution in [3.05, 3.63) is 47.8 Å². The molecule has 0 fully saturated rings. The Balaban J connectivity index is 2.74. The van der Waals surface area contributed by atoms with Crippen LogP contribution in [-0.2, 0) is 9.53 Å². The summed E-state index contributed by atoms with van der Waals surface area (Å²) >= 11 is 0. The Hall–Kier alpha value is -2.21. The van der Waals surface area contributed by atoms with Crippen LogP contribution in [0.1, 0.15) is 15.9 Å². The number of carboxylic acids is 1. The summed E-state index contributed by atoms with van der Waals surface area (Å²) in [5.74, 6) is -2.25. The summed E-state index contributed by atoms with van der Waals surface area (Å²) in [6.07, 6.45) is 1.48. The molecule has 1 atom stereocenters. The second kappa shape index (κ2) is 7.40. The molecule has 1 unspecified atom stereocenters. The quantitative estimate of drug-likeness (QED) is 0.587. The number of amides is 1. The number of carbonyl (C=O) groups is 2. The molecule has 5 nitrogen and oxygen atoms in total. The van der Waals surface area contributed by atoms with Crippen LogP contribution in [0.2, 0.25) is 0 Å². The second-order valence-corrected chi connectivity index (χ2v) is 4.15. The van der Waals surface area contributed by atoms with Gasteiger partial charge in [0, 0.05) is 5.56 Å². The summed E-state index contributed by atoms with van der Waals surface area (Å²) < 4.78 is 18.0. The fraction of sp³-hybridized carbons (Fsp3) is 0.286. The van der Waals surface area contributed by atoms with E-state index < -0.39 is 23.7 Å². The molecule has 0 spiro atoms. The zero-order chi connectivity index (χ0) is 15.1. The van der Waals surface area contributed by atoms with Gasteiger partial charge in [-0.25, -0.2) is 9.18 Å². The van der Waals surface area contributed by atoms with Gasteiger partial charge in [0.25, 0.3) is 5.91 Å². The average molecular weight is 281 g/mol. The van der Waals surface area contributed by atoms with Gasteiger partial charge in [-0.3, -0.25) is 4.79 Å². The first-order chi connectivity index (χ1) is 9.45. The molecule has 1 aromatic carbocycles. The minimum absolute atomic E-state index is 0.173. The molecule has 1 rings (SSSR count). The van der Waals surface area contributed by atoms with Crippen molar-refractivity contribution in [2.24, 2.45) is 0 Å². The fourth-order valence-corrected chi connectivity index (χ4v) is 1.56. The Kier molecular flexibility index (Phi) is 5.86. The minimum atomic E-state index is -1.21. The van der Waals surface area contributed by atoms with Gasteiger partial charge in [-0.05, 0) is 30.7 Å². The average Bonchev–Trinajstić information content (AvgIpc) is 2.37. The molecule has 0 aromatic heterocycles. The van der Waals surface area contributed by atoms with Crippen molar-refractivity contribution >= 4 is 11.9 Å². The van der Waals surface area contributed by atoms with Gasteiger partial charge in [0.05, 0.1) is 13.2 Å². The molecule has 1 amide bonds. The molecule has 0 saturated carbocycles. The van der Waals surface area contributed by atoms with Crippen LogP contribution in [0.5, 0.6) is 0 Å². The van der Waals surface area contributed by atoms with Crippen LogP contribution in [-0.4, -0.2) is 36.2 Å². The monoisotopic (exact) mass is 281 g/mol. The normalized spacial score (nSPS) is 11.7. The van der Waals surface area contributed by atoms with Crippen molar-refractivity contribution in [2.45, 2.75) is 13.0 Å². The van der Waals surface area contributed by atoms with Crippen LogP contribution in [0.25, 0.3) is 0 Å². The predicted molar refractivity (Wildman–Crippen MR) is 71.0 cm³/mol. The SMILES string of the molecule is C=CCOCC(NC(=O)c1ccc(F)cc1C)C(=O)O. The number of nitrogens with one attached hydrogen (secondary N) is 1. The third-order valence-electron chi connectivity index (χ3n) is 2.56. The van der Waals surface area contributed by atoms with Crippen molar-refractivity contribution in [1.29, 1.82) is 0 Å². The molecule has 108 valence electrons. The molecular weight excluding hydrogens is 265 g/mol. The molecule has 0 aliphatic heterocycles. The van der Waals surface area contributed by atoms with Crippen molar-refractivity contribution in [2.75, 3.05) is 13.2 Å². The summed E-state index contributed by atoms with van der Waals surface area (Å²) in [7, 11) is 0. The number of benzene rings is 1. The van der Waals surface area contributed by atoms with E-state index in [0.717, 1.165) is 6.07 Å². The minimum Gasteiger partial charge on any atom is -0.480 e. The third kappa shape index (κ3) is 4.47. The number of carbonyl (C=O) groups excluding carboxylic acids is 1. The van der Waals surface area contributed by atoms with Gasteiger partial charge in [0.15, 0.2) is 6.04 Å². The number of aliphatic carboxylic acids is 1. The first kappa shape index (κ1) is 15.8. The van der Waals surface area contributed by atoms with Gasteiger partial charge >= 0.3 is 5.97 Å². The van der Waals surface area contributed by atoms with Crippen molar-refractivity contribution < 1.29 is 23.8 Å². The van der Waals surface area contributed by atoms with Crippen LogP contribution < -0.4 is 5.32 Å². The summed E-state index contributed by atoms with van der Waals surface area (Å²) in [4.78, 5) is 23.0. The third-order valence-corrected chi connectivity index (χ3v) is 2.56. The molecule has 20 heavy (non-hydrogen) atoms. The van der Waals surface area contributed by atoms with Crippen LogP contribution in [0.4, 0.5) is 4.39 Å². The molecule has 0 aliphatic carbocycles. The maximum Gasteiger partial charge on any atom is 0.328 e. The standard InChI is InChI=1S/C14H16FNO4/c1-3-6-20-8-12(14(18)19)16-13(17)11-5-4-10(15)7-9(11)2/h3-5,7,12H,1,6,8H2,2H3,(H,16,17)(H,18,19). The van der Waals surface area contributed by atoms with Gasteiger partial charge < -0.3 is 15.2 Å². The van der Waals surface area contributed by atoms with Crippen molar-refractivity contribution in [1.82, 2.24) is 5.32 Å². The highest BCUT2D eigenvalue weighted by Gasteiger charge is 2.21. The number of rotatable bonds is 7. The van der Waals surface area contributed by atoms with Gasteiger partial charge in [0.2, 0.25) is 0 Å². The Morgan fingerprint density at radius 1 is 1.55 bits per heavy atom. The molecule has 0 saturated heterocycles. The summed E-state index contributed by atoms with van der Waals surface area (Å²) in [5, 5.41) is 11.3. The number of ether oxygens (including phenoxy) is 1. The smallest absolute Gasteiger partial charge is 0.328 e. The second-order valence-electron chi connectivity index (χ2n) is 4.15. The van der Waals surface area contributed by atoms with E-state index in [2.05, 4.69) is 11.9 Å². The van der Waals surface area contributed by atoms with E-state index >= 15 is 0 Å². The highest BCUT2D eigenvalue weighted by atomic mass is 19.1. The highest BCUT2D eigenvalue weighted by molar-refractivity contribution is 5.97. The Morgan fingerprint density at radius 2 is 2.25 bits per heavy atom. The molecule has 0 bridgehead atoms. The van der Waals surface area contributed by atoms with E-state index in [-0.39, 0.29) is 18.8 Å². The number of hydrogen-bond donors (Lipinski definition) is 2. The van der Waals surface area contributed by atoms with E-state index in [4.69, 9.17) is 9.84 Å². The number of halogens is 1. The topological polar surface area (TPSA) is 75.6 Å². The van der Waals surface area contributed by atoms with E-state index in [1.807, 2.05) is 0 Å². The van der Waals surface area contributed by atoms with Crippen LogP contribution in [0.3, 0.4) is 0 Å². The molecular formula is C14H16FNO4. The van der Waals surface area contributed by atoms with Gasteiger partial charge in [-0.2, -0.15) is 0 Å². The zero-order valence-electron chi connectivity index (χ0n) is 11.1. The predicted octanol–water partition coefficient (Wildman–Crippen LogP) is 1.52. The maximum atomic E-state index is 13.0. The molecule has 0 radical (unpaired) electrons. The number of carboxylic acid groups (broad SMARTS) is 1. The Labute approximate surface area is 116 Å². The number of aryl methyl sites for hydroxylation is 1. The maximum absolute atomic E-state index is 13.0. The lowest BCUT2D eigenvalue weighted by Crippen LogP contribution is -2.44. The summed E-state index contributed by atoms with van der Waals surface area (Å²) in [5.41, 5.74) is 0.653. The fourth-order valence-electron chi connectivity index (χ4n) is 1.56. The molecule has 6 heteroatoms. The van der Waals surface area contributed by atoms with Crippen LogP contribution in [0, 0.1) is 12.7 Å². The largest absolute Gasteiger partial charge is 0.480 e. The van der Waals surface area contributed by atoms with Gasteiger partial charge in [-0.15, -0.1) is 6.58 Å². The summed E-state index contributed by atoms with van der Waals surface area (Å²) in [6.45, 7) is 5.02. The van der Waals surface area contributed by atoms with Crippen molar-refractivity contribution in [3.8, 4) is 0 Å². The van der Waals surface area contributed by atoms with E-state index in [0.29, 0.717) is 5.56 Å². The van der Waals surface area contributed by atoms with E-state index in [1.165, 1.54) is 18.2 Å². The van der Waals surface area contributed by atoms with Crippen LogP contribution in [0.15, 0.2) is 30.9 Å². The molecule has 2 N–H and O–H groups in total. The van der Waals surface area contributed by atoms with Crippen LogP contribution >= 0.6 is 0 Å². The number of hydrogen-bond acceptors (Lipinski definition) is 3. The molecule has 0 heterocycles. The van der Waals surface area contributed by atoms with Gasteiger partial charge in [-0.1, -0.05) is 6.08 Å². The Bertz CT molecular complexity index is 516. The van der Waals surface area contributed by atoms with Crippen molar-refractivity contribution in [3.63, 3.8) is 0 Å². The summed E-state index contributed by atoms with van der Waals surface area (Å²) in [6, 6.07) is 2.49. The zero-order valence-corrected chi connectivity index (χ0v) is 11.1. The lowest BCUT2D eigenvalue weighted by molar-refractivity contribution is -0.140.